The van der Waals surface area contributed by atoms with Crippen LogP contribution in [0.15, 0.2) is 16.8 Å². The third-order valence-electron chi connectivity index (χ3n) is 9.07. The molecule has 1 N–H and O–H groups in total. The lowest BCUT2D eigenvalue weighted by Crippen LogP contribution is -2.54. The van der Waals surface area contributed by atoms with Gasteiger partial charge in [0.25, 0.3) is 0 Å². The number of fused-ring (bicyclic) bond motifs is 5. The highest BCUT2D eigenvalue weighted by Gasteiger charge is 2.59. The fraction of sp³-hybridized carbons (Fsp3) is 0.826. The number of carbonyl (C=O) groups excluding carboxylic acids is 1. The highest BCUT2D eigenvalue weighted by molar-refractivity contribution is 5.99. The average molecular weight is 374 g/mol. The summed E-state index contributed by atoms with van der Waals surface area (Å²) in [5.41, 5.74) is 2.67. The highest BCUT2D eigenvalue weighted by atomic mass is 16.5. The molecule has 4 heteroatoms. The smallest absolute Gasteiger partial charge is 0.302 e. The summed E-state index contributed by atoms with van der Waals surface area (Å²) in [4.78, 5) is 11.4. The Hall–Kier alpha value is -1.32. The van der Waals surface area contributed by atoms with Gasteiger partial charge in [-0.2, -0.15) is 0 Å². The van der Waals surface area contributed by atoms with Crippen LogP contribution in [0.2, 0.25) is 0 Å². The SMILES string of the molecule is CC(=O)O[C@H]1CC[C@@]2(C)[C@@H](CC[C@@H]3[C@@H]2CC[C@]2(C)C(C(C)=NO)=CC[C@@H]32)C1. The van der Waals surface area contributed by atoms with E-state index < -0.39 is 0 Å². The number of hydrogen-bond donors (Lipinski definition) is 1. The first kappa shape index (κ1) is 19.0. The highest BCUT2D eigenvalue weighted by Crippen LogP contribution is 2.66. The number of nitrogens with zero attached hydrogens (tertiary/aromatic N) is 1. The Morgan fingerprint density at radius 1 is 1.15 bits per heavy atom. The van der Waals surface area contributed by atoms with E-state index in [1.54, 1.807) is 0 Å². The molecule has 4 rings (SSSR count). The van der Waals surface area contributed by atoms with Gasteiger partial charge in [-0.3, -0.25) is 4.79 Å². The summed E-state index contributed by atoms with van der Waals surface area (Å²) in [6, 6.07) is 0. The van der Waals surface area contributed by atoms with Gasteiger partial charge in [0.05, 0.1) is 5.71 Å². The first-order valence-corrected chi connectivity index (χ1v) is 10.9. The minimum atomic E-state index is -0.129. The van der Waals surface area contributed by atoms with Crippen molar-refractivity contribution in [3.63, 3.8) is 0 Å². The van der Waals surface area contributed by atoms with E-state index in [0.29, 0.717) is 17.3 Å². The average Bonchev–Trinajstić information content (AvgIpc) is 2.98. The van der Waals surface area contributed by atoms with Crippen LogP contribution < -0.4 is 0 Å². The maximum Gasteiger partial charge on any atom is 0.302 e. The number of hydrogen-bond acceptors (Lipinski definition) is 4. The van der Waals surface area contributed by atoms with Gasteiger partial charge in [0.1, 0.15) is 6.10 Å². The monoisotopic (exact) mass is 373 g/mol. The topological polar surface area (TPSA) is 58.9 Å². The van der Waals surface area contributed by atoms with Gasteiger partial charge in [-0.05, 0) is 98.4 Å². The molecule has 0 unspecified atom stereocenters. The number of oxime groups is 1. The minimum Gasteiger partial charge on any atom is -0.463 e. The fourth-order valence-corrected chi connectivity index (χ4v) is 7.74. The van der Waals surface area contributed by atoms with Crippen LogP contribution in [0.4, 0.5) is 0 Å². The number of allylic oxidation sites excluding steroid dienone is 2. The van der Waals surface area contributed by atoms with Crippen molar-refractivity contribution >= 4 is 11.7 Å². The summed E-state index contributed by atoms with van der Waals surface area (Å²) in [7, 11) is 0. The fourth-order valence-electron chi connectivity index (χ4n) is 7.74. The zero-order valence-corrected chi connectivity index (χ0v) is 17.3. The zero-order chi connectivity index (χ0) is 19.4. The molecule has 0 radical (unpaired) electrons. The Balaban J connectivity index is 1.54. The summed E-state index contributed by atoms with van der Waals surface area (Å²) in [5.74, 6) is 2.81. The van der Waals surface area contributed by atoms with E-state index in [4.69, 9.17) is 4.74 Å². The molecule has 0 aromatic carbocycles. The third-order valence-corrected chi connectivity index (χ3v) is 9.07. The maximum absolute atomic E-state index is 11.4. The zero-order valence-electron chi connectivity index (χ0n) is 17.3. The molecule has 0 bridgehead atoms. The Bertz CT molecular complexity index is 683. The molecule has 0 heterocycles. The number of esters is 1. The van der Waals surface area contributed by atoms with Gasteiger partial charge in [-0.1, -0.05) is 25.1 Å². The lowest BCUT2D eigenvalue weighted by molar-refractivity contribution is -0.158. The van der Waals surface area contributed by atoms with Gasteiger partial charge in [-0.25, -0.2) is 0 Å². The van der Waals surface area contributed by atoms with Crippen molar-refractivity contribution in [2.45, 2.75) is 85.2 Å². The van der Waals surface area contributed by atoms with E-state index in [1.807, 2.05) is 6.92 Å². The molecule has 4 nitrogen and oxygen atoms in total. The van der Waals surface area contributed by atoms with Crippen molar-refractivity contribution < 1.29 is 14.7 Å². The molecule has 0 aromatic heterocycles. The van der Waals surface area contributed by atoms with Crippen LogP contribution in [0.3, 0.4) is 0 Å². The van der Waals surface area contributed by atoms with E-state index in [9.17, 15) is 10.0 Å². The van der Waals surface area contributed by atoms with Crippen molar-refractivity contribution in [2.24, 2.45) is 39.7 Å². The first-order chi connectivity index (χ1) is 12.8. The quantitative estimate of drug-likeness (QED) is 0.307. The molecule has 4 aliphatic carbocycles. The predicted molar refractivity (Wildman–Crippen MR) is 106 cm³/mol. The molecular weight excluding hydrogens is 338 g/mol. The standard InChI is InChI=1S/C23H35NO3/c1-14(24-26)19-7-8-20-18-6-5-16-13-17(27-15(2)25)9-11-22(16,3)21(18)10-12-23(19,20)4/h7,16-18,20-21,26H,5-6,8-13H2,1-4H3/t16-,17-,18-,20-,21-,22-,23+/m0/s1. The first-order valence-electron chi connectivity index (χ1n) is 10.9. The van der Waals surface area contributed by atoms with Crippen LogP contribution in [-0.2, 0) is 9.53 Å². The van der Waals surface area contributed by atoms with Gasteiger partial charge in [-0.15, -0.1) is 0 Å². The molecule has 0 aliphatic heterocycles. The van der Waals surface area contributed by atoms with Gasteiger partial charge in [0.2, 0.25) is 0 Å². The summed E-state index contributed by atoms with van der Waals surface area (Å²) < 4.78 is 5.58. The predicted octanol–water partition coefficient (Wildman–Crippen LogP) is 5.35. The van der Waals surface area contributed by atoms with E-state index in [-0.39, 0.29) is 17.5 Å². The van der Waals surface area contributed by atoms with Crippen LogP contribution in [0, 0.1) is 34.5 Å². The summed E-state index contributed by atoms with van der Waals surface area (Å²) in [5, 5.41) is 12.9. The lowest BCUT2D eigenvalue weighted by Gasteiger charge is -2.60. The molecule has 27 heavy (non-hydrogen) atoms. The Labute approximate surface area is 163 Å². The molecule has 4 aliphatic rings. The number of rotatable bonds is 2. The summed E-state index contributed by atoms with van der Waals surface area (Å²) in [6.45, 7) is 8.42. The van der Waals surface area contributed by atoms with Gasteiger partial charge >= 0.3 is 5.97 Å². The largest absolute Gasteiger partial charge is 0.463 e. The van der Waals surface area contributed by atoms with E-state index in [2.05, 4.69) is 25.1 Å². The van der Waals surface area contributed by atoms with Gasteiger partial charge in [0.15, 0.2) is 0 Å². The lowest BCUT2D eigenvalue weighted by atomic mass is 9.44. The number of ether oxygens (including phenoxy) is 1. The second kappa shape index (κ2) is 6.63. The van der Waals surface area contributed by atoms with Crippen LogP contribution in [0.1, 0.15) is 79.1 Å². The van der Waals surface area contributed by atoms with Gasteiger partial charge < -0.3 is 9.94 Å². The normalized spacial score (nSPS) is 46.7. The molecule has 0 spiro atoms. The molecule has 7 atom stereocenters. The Morgan fingerprint density at radius 2 is 1.93 bits per heavy atom. The Kier molecular flexibility index (Phi) is 4.67. The van der Waals surface area contributed by atoms with Crippen LogP contribution in [-0.4, -0.2) is 23.0 Å². The minimum absolute atomic E-state index is 0.129. The van der Waals surface area contributed by atoms with Crippen molar-refractivity contribution in [3.8, 4) is 0 Å². The molecule has 0 aromatic rings. The third kappa shape index (κ3) is 2.86. The summed E-state index contributed by atoms with van der Waals surface area (Å²) >= 11 is 0. The van der Waals surface area contributed by atoms with Gasteiger partial charge in [0, 0.05) is 6.92 Å². The molecular formula is C23H35NO3. The van der Waals surface area contributed by atoms with Crippen LogP contribution in [0.25, 0.3) is 0 Å². The van der Waals surface area contributed by atoms with E-state index in [1.165, 1.54) is 44.6 Å². The molecule has 3 fully saturated rings. The molecule has 3 saturated carbocycles. The summed E-state index contributed by atoms with van der Waals surface area (Å²) in [6.07, 6.45) is 11.9. The number of carbonyl (C=O) groups is 1. The molecule has 150 valence electrons. The Morgan fingerprint density at radius 3 is 2.63 bits per heavy atom. The molecule has 0 amide bonds. The second-order valence-corrected chi connectivity index (χ2v) is 10.2. The van der Waals surface area contributed by atoms with E-state index in [0.717, 1.165) is 36.8 Å². The second-order valence-electron chi connectivity index (χ2n) is 10.2. The van der Waals surface area contributed by atoms with Crippen molar-refractivity contribution in [1.29, 1.82) is 0 Å². The van der Waals surface area contributed by atoms with Crippen LogP contribution >= 0.6 is 0 Å². The van der Waals surface area contributed by atoms with E-state index >= 15 is 0 Å². The van der Waals surface area contributed by atoms with Crippen LogP contribution in [0.5, 0.6) is 0 Å². The van der Waals surface area contributed by atoms with Crippen molar-refractivity contribution in [3.05, 3.63) is 11.6 Å². The van der Waals surface area contributed by atoms with Crippen molar-refractivity contribution in [1.82, 2.24) is 0 Å². The van der Waals surface area contributed by atoms with Crippen molar-refractivity contribution in [2.75, 3.05) is 0 Å². The molecule has 0 saturated heterocycles. The maximum atomic E-state index is 11.4.